The van der Waals surface area contributed by atoms with Gasteiger partial charge in [0, 0.05) is 32.8 Å². The zero-order valence-electron chi connectivity index (χ0n) is 12.7. The molecule has 2 aliphatic rings. The summed E-state index contributed by atoms with van der Waals surface area (Å²) >= 11 is 0. The molecule has 116 valence electrons. The van der Waals surface area contributed by atoms with Crippen LogP contribution in [0, 0.1) is 5.92 Å². The zero-order valence-corrected chi connectivity index (χ0v) is 12.7. The van der Waals surface area contributed by atoms with Gasteiger partial charge in [0.25, 0.3) is 5.91 Å². The first kappa shape index (κ1) is 15.7. The van der Waals surface area contributed by atoms with Gasteiger partial charge in [-0.3, -0.25) is 9.69 Å². The summed E-state index contributed by atoms with van der Waals surface area (Å²) in [6.07, 6.45) is 4.37. The highest BCUT2D eigenvalue weighted by Gasteiger charge is 2.34. The summed E-state index contributed by atoms with van der Waals surface area (Å²) in [7, 11) is 0. The number of ether oxygens (including phenoxy) is 1. The van der Waals surface area contributed by atoms with Gasteiger partial charge in [-0.05, 0) is 38.3 Å². The number of carbonyl (C=O) groups is 1. The van der Waals surface area contributed by atoms with Crippen molar-refractivity contribution >= 4 is 5.91 Å². The Bertz CT molecular complexity index is 303. The van der Waals surface area contributed by atoms with Crippen molar-refractivity contribution in [2.45, 2.75) is 38.7 Å². The summed E-state index contributed by atoms with van der Waals surface area (Å²) in [5, 5.41) is 0. The molecule has 2 fully saturated rings. The van der Waals surface area contributed by atoms with E-state index in [1.807, 2.05) is 4.90 Å². The number of piperazine rings is 1. The van der Waals surface area contributed by atoms with E-state index in [1.165, 1.54) is 12.8 Å². The fourth-order valence-corrected chi connectivity index (χ4v) is 3.04. The van der Waals surface area contributed by atoms with Crippen LogP contribution in [0.4, 0.5) is 0 Å². The molecule has 0 radical (unpaired) electrons. The minimum absolute atomic E-state index is 0.189. The van der Waals surface area contributed by atoms with Gasteiger partial charge in [0.05, 0.1) is 0 Å². The molecular formula is C15H29N3O2. The van der Waals surface area contributed by atoms with Crippen LogP contribution in [0.5, 0.6) is 0 Å². The van der Waals surface area contributed by atoms with Crippen molar-refractivity contribution in [2.24, 2.45) is 11.7 Å². The van der Waals surface area contributed by atoms with Crippen LogP contribution in [-0.2, 0) is 9.53 Å². The molecule has 2 rings (SSSR count). The lowest BCUT2D eigenvalue weighted by Gasteiger charge is -2.36. The van der Waals surface area contributed by atoms with E-state index in [9.17, 15) is 4.79 Å². The second-order valence-corrected chi connectivity index (χ2v) is 6.07. The first-order valence-corrected chi connectivity index (χ1v) is 8.05. The average Bonchev–Trinajstić information content (AvgIpc) is 2.90. The molecule has 0 spiro atoms. The third-order valence-corrected chi connectivity index (χ3v) is 4.49. The summed E-state index contributed by atoms with van der Waals surface area (Å²) in [6.45, 7) is 8.47. The molecule has 20 heavy (non-hydrogen) atoms. The molecule has 1 amide bonds. The number of nitrogens with zero attached hydrogens (tertiary/aromatic N) is 2. The molecule has 0 aliphatic carbocycles. The van der Waals surface area contributed by atoms with Crippen molar-refractivity contribution in [3.63, 3.8) is 0 Å². The maximum atomic E-state index is 12.4. The minimum atomic E-state index is -0.189. The predicted octanol–water partition coefficient (Wildman–Crippen LogP) is 0.685. The molecule has 2 N–H and O–H groups in total. The normalized spacial score (nSPS) is 28.0. The quantitative estimate of drug-likeness (QED) is 0.729. The Kier molecular flexibility index (Phi) is 6.26. The maximum absolute atomic E-state index is 12.4. The Labute approximate surface area is 122 Å². The summed E-state index contributed by atoms with van der Waals surface area (Å²) in [4.78, 5) is 16.8. The first-order chi connectivity index (χ1) is 9.72. The van der Waals surface area contributed by atoms with Crippen LogP contribution >= 0.6 is 0 Å². The zero-order chi connectivity index (χ0) is 14.4. The second-order valence-electron chi connectivity index (χ2n) is 6.07. The number of rotatable bonds is 6. The smallest absolute Gasteiger partial charge is 0.252 e. The molecule has 2 atom stereocenters. The molecule has 2 saturated heterocycles. The lowest BCUT2D eigenvalue weighted by Crippen LogP contribution is -2.52. The molecule has 0 aromatic rings. The van der Waals surface area contributed by atoms with Gasteiger partial charge in [0.15, 0.2) is 0 Å². The minimum Gasteiger partial charge on any atom is -0.368 e. The highest BCUT2D eigenvalue weighted by molar-refractivity contribution is 5.81. The van der Waals surface area contributed by atoms with E-state index in [0.717, 1.165) is 58.7 Å². The van der Waals surface area contributed by atoms with Gasteiger partial charge in [-0.15, -0.1) is 0 Å². The number of unbranched alkanes of at least 4 members (excludes halogenated alkanes) is 2. The fourth-order valence-electron chi connectivity index (χ4n) is 3.04. The van der Waals surface area contributed by atoms with Crippen LogP contribution in [-0.4, -0.2) is 67.7 Å². The molecule has 2 heterocycles. The van der Waals surface area contributed by atoms with Gasteiger partial charge in [-0.25, -0.2) is 0 Å². The number of hydrogen-bond acceptors (Lipinski definition) is 4. The SMILES string of the molecule is CC1CCOC1C(=O)N1CCN(CCCCCN)CC1. The van der Waals surface area contributed by atoms with Crippen molar-refractivity contribution in [3.8, 4) is 0 Å². The third-order valence-electron chi connectivity index (χ3n) is 4.49. The highest BCUT2D eigenvalue weighted by atomic mass is 16.5. The van der Waals surface area contributed by atoms with E-state index >= 15 is 0 Å². The van der Waals surface area contributed by atoms with Gasteiger partial charge in [-0.1, -0.05) is 13.3 Å². The van der Waals surface area contributed by atoms with E-state index in [4.69, 9.17) is 10.5 Å². The third kappa shape index (κ3) is 4.17. The monoisotopic (exact) mass is 283 g/mol. The van der Waals surface area contributed by atoms with E-state index in [2.05, 4.69) is 11.8 Å². The fraction of sp³-hybridized carbons (Fsp3) is 0.933. The van der Waals surface area contributed by atoms with Crippen molar-refractivity contribution in [3.05, 3.63) is 0 Å². The standard InChI is InChI=1S/C15H29N3O2/c1-13-5-12-20-14(13)15(19)18-10-8-17(9-11-18)7-4-2-3-6-16/h13-14H,2-12,16H2,1H3. The van der Waals surface area contributed by atoms with Crippen LogP contribution < -0.4 is 5.73 Å². The van der Waals surface area contributed by atoms with Gasteiger partial charge in [0.1, 0.15) is 6.10 Å². The molecule has 5 nitrogen and oxygen atoms in total. The molecular weight excluding hydrogens is 254 g/mol. The van der Waals surface area contributed by atoms with Crippen LogP contribution in [0.15, 0.2) is 0 Å². The molecule has 5 heteroatoms. The van der Waals surface area contributed by atoms with E-state index in [0.29, 0.717) is 5.92 Å². The van der Waals surface area contributed by atoms with Crippen molar-refractivity contribution in [1.29, 1.82) is 0 Å². The number of carbonyl (C=O) groups excluding carboxylic acids is 1. The summed E-state index contributed by atoms with van der Waals surface area (Å²) in [6, 6.07) is 0. The number of hydrogen-bond donors (Lipinski definition) is 1. The van der Waals surface area contributed by atoms with E-state index < -0.39 is 0 Å². The lowest BCUT2D eigenvalue weighted by molar-refractivity contribution is -0.144. The van der Waals surface area contributed by atoms with Gasteiger partial charge in [-0.2, -0.15) is 0 Å². The Balaban J connectivity index is 1.67. The molecule has 2 aliphatic heterocycles. The lowest BCUT2D eigenvalue weighted by atomic mass is 10.0. The largest absolute Gasteiger partial charge is 0.368 e. The van der Waals surface area contributed by atoms with Gasteiger partial charge >= 0.3 is 0 Å². The Morgan fingerprint density at radius 2 is 1.95 bits per heavy atom. The second kappa shape index (κ2) is 7.96. The first-order valence-electron chi connectivity index (χ1n) is 8.05. The summed E-state index contributed by atoms with van der Waals surface area (Å²) < 4.78 is 5.58. The molecule has 0 bridgehead atoms. The summed E-state index contributed by atoms with van der Waals surface area (Å²) in [5.41, 5.74) is 5.50. The molecule has 0 aromatic heterocycles. The molecule has 0 aromatic carbocycles. The van der Waals surface area contributed by atoms with E-state index in [1.54, 1.807) is 0 Å². The average molecular weight is 283 g/mol. The van der Waals surface area contributed by atoms with Crippen LogP contribution in [0.25, 0.3) is 0 Å². The number of amides is 1. The predicted molar refractivity (Wildman–Crippen MR) is 79.4 cm³/mol. The Morgan fingerprint density at radius 1 is 1.20 bits per heavy atom. The Hall–Kier alpha value is -0.650. The molecule has 2 unspecified atom stereocenters. The van der Waals surface area contributed by atoms with Crippen LogP contribution in [0.1, 0.15) is 32.6 Å². The van der Waals surface area contributed by atoms with Crippen molar-refractivity contribution < 1.29 is 9.53 Å². The summed E-state index contributed by atoms with van der Waals surface area (Å²) in [5.74, 6) is 0.578. The topological polar surface area (TPSA) is 58.8 Å². The van der Waals surface area contributed by atoms with Crippen LogP contribution in [0.2, 0.25) is 0 Å². The Morgan fingerprint density at radius 3 is 2.55 bits per heavy atom. The van der Waals surface area contributed by atoms with Crippen molar-refractivity contribution in [2.75, 3.05) is 45.9 Å². The molecule has 0 saturated carbocycles. The maximum Gasteiger partial charge on any atom is 0.252 e. The highest BCUT2D eigenvalue weighted by Crippen LogP contribution is 2.22. The van der Waals surface area contributed by atoms with Crippen LogP contribution in [0.3, 0.4) is 0 Å². The van der Waals surface area contributed by atoms with E-state index in [-0.39, 0.29) is 12.0 Å². The van der Waals surface area contributed by atoms with Gasteiger partial charge in [0.2, 0.25) is 0 Å². The number of nitrogens with two attached hydrogens (primary N) is 1. The van der Waals surface area contributed by atoms with Crippen molar-refractivity contribution in [1.82, 2.24) is 9.80 Å². The van der Waals surface area contributed by atoms with Gasteiger partial charge < -0.3 is 15.4 Å².